The van der Waals surface area contributed by atoms with Crippen molar-refractivity contribution in [2.45, 2.75) is 51.2 Å². The lowest BCUT2D eigenvalue weighted by molar-refractivity contribution is 0.130. The summed E-state index contributed by atoms with van der Waals surface area (Å²) in [5.74, 6) is 0.249. The van der Waals surface area contributed by atoms with Crippen LogP contribution in [0.15, 0.2) is 24.3 Å². The molecule has 1 fully saturated rings. The van der Waals surface area contributed by atoms with Crippen LogP contribution < -0.4 is 5.32 Å². The van der Waals surface area contributed by atoms with Crippen LogP contribution in [0.3, 0.4) is 0 Å². The largest absolute Gasteiger partial charge is 0.393 e. The van der Waals surface area contributed by atoms with Gasteiger partial charge >= 0.3 is 0 Å². The Morgan fingerprint density at radius 2 is 2.05 bits per heavy atom. The molecule has 0 spiro atoms. The molecule has 1 aromatic rings. The van der Waals surface area contributed by atoms with E-state index in [1.165, 1.54) is 17.7 Å². The molecule has 3 unspecified atom stereocenters. The van der Waals surface area contributed by atoms with Crippen LogP contribution in [0.4, 0.5) is 4.39 Å². The molecular formula is C16H24FNO. The van der Waals surface area contributed by atoms with Gasteiger partial charge in [0.05, 0.1) is 6.10 Å². The van der Waals surface area contributed by atoms with E-state index in [1.54, 1.807) is 0 Å². The average molecular weight is 265 g/mol. The molecule has 0 aliphatic heterocycles. The second-order valence-corrected chi connectivity index (χ2v) is 5.73. The van der Waals surface area contributed by atoms with Crippen molar-refractivity contribution in [2.24, 2.45) is 5.92 Å². The highest BCUT2D eigenvalue weighted by Crippen LogP contribution is 2.24. The predicted molar refractivity (Wildman–Crippen MR) is 75.5 cm³/mol. The van der Waals surface area contributed by atoms with Gasteiger partial charge in [0.2, 0.25) is 0 Å². The molecule has 3 heteroatoms. The molecule has 2 nitrogen and oxygen atoms in total. The van der Waals surface area contributed by atoms with Crippen LogP contribution >= 0.6 is 0 Å². The number of hydrogen-bond donors (Lipinski definition) is 2. The minimum absolute atomic E-state index is 0.114. The Morgan fingerprint density at radius 3 is 2.68 bits per heavy atom. The predicted octanol–water partition coefficient (Wildman–Crippen LogP) is 2.90. The van der Waals surface area contributed by atoms with E-state index in [-0.39, 0.29) is 11.9 Å². The first-order valence-corrected chi connectivity index (χ1v) is 7.31. The van der Waals surface area contributed by atoms with Gasteiger partial charge in [-0.1, -0.05) is 18.6 Å². The van der Waals surface area contributed by atoms with Crippen molar-refractivity contribution in [3.05, 3.63) is 35.6 Å². The fourth-order valence-electron chi connectivity index (χ4n) is 2.74. The smallest absolute Gasteiger partial charge is 0.123 e. The number of rotatable bonds is 6. The van der Waals surface area contributed by atoms with Gasteiger partial charge in [0, 0.05) is 12.6 Å². The zero-order chi connectivity index (χ0) is 13.7. The van der Waals surface area contributed by atoms with Gasteiger partial charge in [-0.05, 0) is 56.2 Å². The fraction of sp³-hybridized carbons (Fsp3) is 0.625. The average Bonchev–Trinajstić information content (AvgIpc) is 2.81. The first kappa shape index (κ1) is 14.5. The maximum atomic E-state index is 12.8. The van der Waals surface area contributed by atoms with Crippen molar-refractivity contribution in [1.82, 2.24) is 5.32 Å². The summed E-state index contributed by atoms with van der Waals surface area (Å²) in [6.07, 6.45) is 5.12. The molecule has 1 aromatic carbocycles. The first-order valence-electron chi connectivity index (χ1n) is 7.31. The Bertz CT molecular complexity index is 379. The van der Waals surface area contributed by atoms with Crippen molar-refractivity contribution in [2.75, 3.05) is 6.54 Å². The lowest BCUT2D eigenvalue weighted by Gasteiger charge is -2.19. The van der Waals surface area contributed by atoms with Gasteiger partial charge in [0.25, 0.3) is 0 Å². The van der Waals surface area contributed by atoms with E-state index in [0.717, 1.165) is 38.6 Å². The summed E-state index contributed by atoms with van der Waals surface area (Å²) in [4.78, 5) is 0. The SMILES string of the molecule is CC(CCc1ccc(F)cc1)NCC1CCCC1O. The normalized spacial score (nSPS) is 24.6. The van der Waals surface area contributed by atoms with Crippen LogP contribution in [0.5, 0.6) is 0 Å². The van der Waals surface area contributed by atoms with E-state index in [4.69, 9.17) is 0 Å². The molecule has 3 atom stereocenters. The number of aliphatic hydroxyl groups is 1. The topological polar surface area (TPSA) is 32.3 Å². The lowest BCUT2D eigenvalue weighted by Crippen LogP contribution is -2.34. The molecule has 19 heavy (non-hydrogen) atoms. The molecule has 0 amide bonds. The molecule has 1 aliphatic rings. The van der Waals surface area contributed by atoms with Crippen LogP contribution in [0.1, 0.15) is 38.2 Å². The van der Waals surface area contributed by atoms with Gasteiger partial charge in [-0.25, -0.2) is 4.39 Å². The van der Waals surface area contributed by atoms with E-state index in [0.29, 0.717) is 12.0 Å². The van der Waals surface area contributed by atoms with E-state index < -0.39 is 0 Å². The number of aliphatic hydroxyl groups excluding tert-OH is 1. The summed E-state index contributed by atoms with van der Waals surface area (Å²) >= 11 is 0. The molecule has 0 bridgehead atoms. The molecule has 1 saturated carbocycles. The van der Waals surface area contributed by atoms with Crippen LogP contribution in [0, 0.1) is 11.7 Å². The van der Waals surface area contributed by atoms with Crippen molar-refractivity contribution in [3.63, 3.8) is 0 Å². The number of aryl methyl sites for hydroxylation is 1. The summed E-state index contributed by atoms with van der Waals surface area (Å²) in [6.45, 7) is 3.08. The zero-order valence-corrected chi connectivity index (χ0v) is 11.6. The number of halogens is 1. The van der Waals surface area contributed by atoms with E-state index in [2.05, 4.69) is 12.2 Å². The highest BCUT2D eigenvalue weighted by molar-refractivity contribution is 5.16. The van der Waals surface area contributed by atoms with Gasteiger partial charge in [-0.15, -0.1) is 0 Å². The summed E-state index contributed by atoms with van der Waals surface area (Å²) < 4.78 is 12.8. The van der Waals surface area contributed by atoms with Gasteiger partial charge in [-0.2, -0.15) is 0 Å². The quantitative estimate of drug-likeness (QED) is 0.829. The Kier molecular flexibility index (Phi) is 5.34. The van der Waals surface area contributed by atoms with Crippen LogP contribution in [-0.4, -0.2) is 23.8 Å². The summed E-state index contributed by atoms with van der Waals surface area (Å²) in [5, 5.41) is 13.3. The van der Waals surface area contributed by atoms with Crippen LogP contribution in [0.25, 0.3) is 0 Å². The van der Waals surface area contributed by atoms with E-state index >= 15 is 0 Å². The highest BCUT2D eigenvalue weighted by atomic mass is 19.1. The molecule has 106 valence electrons. The van der Waals surface area contributed by atoms with Gasteiger partial charge in [-0.3, -0.25) is 0 Å². The molecule has 0 heterocycles. The first-order chi connectivity index (χ1) is 9.15. The second kappa shape index (κ2) is 7.01. The van der Waals surface area contributed by atoms with E-state index in [9.17, 15) is 9.50 Å². The molecule has 0 aromatic heterocycles. The Labute approximate surface area is 115 Å². The third-order valence-corrected chi connectivity index (χ3v) is 4.13. The number of hydrogen-bond acceptors (Lipinski definition) is 2. The van der Waals surface area contributed by atoms with Crippen molar-refractivity contribution in [1.29, 1.82) is 0 Å². The zero-order valence-electron chi connectivity index (χ0n) is 11.6. The lowest BCUT2D eigenvalue weighted by atomic mass is 10.0. The summed E-state index contributed by atoms with van der Waals surface area (Å²) in [6, 6.07) is 7.16. The fourth-order valence-corrected chi connectivity index (χ4v) is 2.74. The summed E-state index contributed by atoms with van der Waals surface area (Å²) in [5.41, 5.74) is 1.18. The third-order valence-electron chi connectivity index (χ3n) is 4.13. The standard InChI is InChI=1S/C16H24FNO/c1-12(18-11-14-3-2-4-16(14)19)5-6-13-7-9-15(17)10-8-13/h7-10,12,14,16,18-19H,2-6,11H2,1H3. The molecule has 0 saturated heterocycles. The minimum atomic E-state index is -0.176. The summed E-state index contributed by atoms with van der Waals surface area (Å²) in [7, 11) is 0. The van der Waals surface area contributed by atoms with E-state index in [1.807, 2.05) is 12.1 Å². The molecule has 1 aliphatic carbocycles. The van der Waals surface area contributed by atoms with Crippen LogP contribution in [-0.2, 0) is 6.42 Å². The molecule has 2 rings (SSSR count). The number of benzene rings is 1. The van der Waals surface area contributed by atoms with Crippen molar-refractivity contribution < 1.29 is 9.50 Å². The van der Waals surface area contributed by atoms with Gasteiger partial charge in [0.1, 0.15) is 5.82 Å². The monoisotopic (exact) mass is 265 g/mol. The van der Waals surface area contributed by atoms with Crippen molar-refractivity contribution >= 4 is 0 Å². The Balaban J connectivity index is 1.66. The van der Waals surface area contributed by atoms with Crippen LogP contribution in [0.2, 0.25) is 0 Å². The molecular weight excluding hydrogens is 241 g/mol. The maximum Gasteiger partial charge on any atom is 0.123 e. The second-order valence-electron chi connectivity index (χ2n) is 5.73. The van der Waals surface area contributed by atoms with Crippen molar-refractivity contribution in [3.8, 4) is 0 Å². The van der Waals surface area contributed by atoms with Gasteiger partial charge < -0.3 is 10.4 Å². The third kappa shape index (κ3) is 4.59. The Morgan fingerprint density at radius 1 is 1.32 bits per heavy atom. The minimum Gasteiger partial charge on any atom is -0.393 e. The van der Waals surface area contributed by atoms with Gasteiger partial charge in [0.15, 0.2) is 0 Å². The molecule has 2 N–H and O–H groups in total. The molecule has 0 radical (unpaired) electrons. The highest BCUT2D eigenvalue weighted by Gasteiger charge is 2.24. The Hall–Kier alpha value is -0.930. The number of nitrogens with one attached hydrogen (secondary N) is 1. The maximum absolute atomic E-state index is 12.8.